The van der Waals surface area contributed by atoms with Gasteiger partial charge in [-0.2, -0.15) is 0 Å². The zero-order chi connectivity index (χ0) is 10.2. The summed E-state index contributed by atoms with van der Waals surface area (Å²) in [5.41, 5.74) is 9.84. The highest BCUT2D eigenvalue weighted by Gasteiger charge is 2.18. The molecular formula is C7H5BrClFN2O. The van der Waals surface area contributed by atoms with E-state index in [1.165, 1.54) is 6.07 Å². The summed E-state index contributed by atoms with van der Waals surface area (Å²) in [7, 11) is 0. The van der Waals surface area contributed by atoms with E-state index in [0.29, 0.717) is 0 Å². The number of carbonyl (C=O) groups excluding carboxylic acids is 1. The van der Waals surface area contributed by atoms with E-state index >= 15 is 0 Å². The molecule has 0 aliphatic carbocycles. The summed E-state index contributed by atoms with van der Waals surface area (Å²) in [6, 6.07) is 1.32. The largest absolute Gasteiger partial charge is 0.398 e. The third-order valence-corrected chi connectivity index (χ3v) is 2.66. The number of carbonyl (C=O) groups is 1. The quantitative estimate of drug-likeness (QED) is 0.603. The van der Waals surface area contributed by atoms with E-state index in [-0.39, 0.29) is 20.7 Å². The Morgan fingerprint density at radius 2 is 2.15 bits per heavy atom. The molecule has 0 saturated carbocycles. The van der Waals surface area contributed by atoms with Gasteiger partial charge in [-0.25, -0.2) is 4.39 Å². The zero-order valence-electron chi connectivity index (χ0n) is 6.27. The number of nitrogens with two attached hydrogens (primary N) is 2. The first-order chi connectivity index (χ1) is 5.95. The first-order valence-corrected chi connectivity index (χ1v) is 4.35. The Morgan fingerprint density at radius 1 is 1.62 bits per heavy atom. The monoisotopic (exact) mass is 266 g/mol. The Bertz CT molecular complexity index is 383. The lowest BCUT2D eigenvalue weighted by Gasteiger charge is -2.06. The number of hydrogen-bond acceptors (Lipinski definition) is 2. The van der Waals surface area contributed by atoms with Crippen molar-refractivity contribution in [3.05, 3.63) is 26.9 Å². The molecule has 0 unspecified atom stereocenters. The maximum Gasteiger partial charge on any atom is 0.253 e. The van der Waals surface area contributed by atoms with E-state index in [0.717, 1.165) is 0 Å². The van der Waals surface area contributed by atoms with E-state index < -0.39 is 11.7 Å². The molecule has 0 atom stereocenters. The fraction of sp³-hybridized carbons (Fsp3) is 0. The van der Waals surface area contributed by atoms with Crippen molar-refractivity contribution in [2.24, 2.45) is 5.73 Å². The smallest absolute Gasteiger partial charge is 0.253 e. The van der Waals surface area contributed by atoms with Gasteiger partial charge in [-0.1, -0.05) is 11.6 Å². The predicted octanol–water partition coefficient (Wildman–Crippen LogP) is 1.92. The number of anilines is 1. The molecule has 0 saturated heterocycles. The van der Waals surface area contributed by atoms with Crippen LogP contribution in [-0.2, 0) is 0 Å². The highest BCUT2D eigenvalue weighted by molar-refractivity contribution is 9.10. The van der Waals surface area contributed by atoms with Crippen molar-refractivity contribution in [1.82, 2.24) is 0 Å². The van der Waals surface area contributed by atoms with Crippen molar-refractivity contribution in [1.29, 1.82) is 0 Å². The number of amides is 1. The average Bonchev–Trinajstić information content (AvgIpc) is 1.99. The highest BCUT2D eigenvalue weighted by Crippen LogP contribution is 2.31. The summed E-state index contributed by atoms with van der Waals surface area (Å²) in [5, 5.41) is -0.206. The fourth-order valence-corrected chi connectivity index (χ4v) is 1.43. The minimum absolute atomic E-state index is 0.0405. The van der Waals surface area contributed by atoms with Crippen LogP contribution in [0, 0.1) is 5.82 Å². The maximum atomic E-state index is 13.2. The highest BCUT2D eigenvalue weighted by atomic mass is 79.9. The van der Waals surface area contributed by atoms with Crippen molar-refractivity contribution in [2.45, 2.75) is 0 Å². The number of primary amides is 1. The van der Waals surface area contributed by atoms with Gasteiger partial charge in [0.1, 0.15) is 0 Å². The molecule has 6 heteroatoms. The topological polar surface area (TPSA) is 69.1 Å². The second kappa shape index (κ2) is 3.51. The zero-order valence-corrected chi connectivity index (χ0v) is 8.62. The second-order valence-electron chi connectivity index (χ2n) is 2.31. The number of nitrogen functional groups attached to an aromatic ring is 1. The van der Waals surface area contributed by atoms with Crippen LogP contribution in [0.3, 0.4) is 0 Å². The summed E-state index contributed by atoms with van der Waals surface area (Å²) < 4.78 is 13.5. The van der Waals surface area contributed by atoms with E-state index in [2.05, 4.69) is 15.9 Å². The van der Waals surface area contributed by atoms with Crippen molar-refractivity contribution in [3.8, 4) is 0 Å². The SMILES string of the molecule is NC(=O)c1c(N)cc(Br)c(Cl)c1F. The molecule has 4 N–H and O–H groups in total. The van der Waals surface area contributed by atoms with E-state index in [1.807, 2.05) is 0 Å². The van der Waals surface area contributed by atoms with Crippen molar-refractivity contribution < 1.29 is 9.18 Å². The summed E-state index contributed by atoms with van der Waals surface area (Å²) in [6.07, 6.45) is 0. The van der Waals surface area contributed by atoms with Crippen LogP contribution < -0.4 is 11.5 Å². The van der Waals surface area contributed by atoms with Gasteiger partial charge >= 0.3 is 0 Å². The number of benzene rings is 1. The maximum absolute atomic E-state index is 13.2. The summed E-state index contributed by atoms with van der Waals surface area (Å²) in [6.45, 7) is 0. The lowest BCUT2D eigenvalue weighted by Crippen LogP contribution is -2.16. The van der Waals surface area contributed by atoms with Crippen molar-refractivity contribution in [3.63, 3.8) is 0 Å². The molecule has 0 aromatic heterocycles. The van der Waals surface area contributed by atoms with Gasteiger partial charge in [0.05, 0.1) is 10.6 Å². The molecule has 0 aliphatic heterocycles. The van der Waals surface area contributed by atoms with Crippen molar-refractivity contribution in [2.75, 3.05) is 5.73 Å². The number of halogens is 3. The summed E-state index contributed by atoms with van der Waals surface area (Å²) >= 11 is 8.49. The van der Waals surface area contributed by atoms with Crippen LogP contribution in [0.1, 0.15) is 10.4 Å². The van der Waals surface area contributed by atoms with E-state index in [9.17, 15) is 9.18 Å². The molecule has 0 heterocycles. The molecule has 70 valence electrons. The molecule has 0 radical (unpaired) electrons. The minimum atomic E-state index is -0.940. The molecule has 0 aliphatic rings. The van der Waals surface area contributed by atoms with Gasteiger partial charge in [0, 0.05) is 10.2 Å². The van der Waals surface area contributed by atoms with Crippen LogP contribution in [0.5, 0.6) is 0 Å². The molecule has 1 amide bonds. The lowest BCUT2D eigenvalue weighted by molar-refractivity contribution is 0.0997. The van der Waals surface area contributed by atoms with Crippen LogP contribution in [0.25, 0.3) is 0 Å². The van der Waals surface area contributed by atoms with Crippen molar-refractivity contribution >= 4 is 39.1 Å². The first kappa shape index (κ1) is 10.3. The molecule has 1 aromatic rings. The van der Waals surface area contributed by atoms with Gasteiger partial charge < -0.3 is 11.5 Å². The lowest BCUT2D eigenvalue weighted by atomic mass is 10.1. The van der Waals surface area contributed by atoms with Gasteiger partial charge in [0.15, 0.2) is 5.82 Å². The molecular weight excluding hydrogens is 262 g/mol. The molecule has 3 nitrogen and oxygen atoms in total. The van der Waals surface area contributed by atoms with Crippen LogP contribution >= 0.6 is 27.5 Å². The van der Waals surface area contributed by atoms with Crippen LogP contribution in [0.4, 0.5) is 10.1 Å². The Labute approximate surface area is 87.0 Å². The number of hydrogen-bond donors (Lipinski definition) is 2. The minimum Gasteiger partial charge on any atom is -0.398 e. The second-order valence-corrected chi connectivity index (χ2v) is 3.55. The van der Waals surface area contributed by atoms with Gasteiger partial charge in [-0.15, -0.1) is 0 Å². The van der Waals surface area contributed by atoms with Crippen LogP contribution in [-0.4, -0.2) is 5.91 Å². The standard InChI is InChI=1S/C7H5BrClFN2O/c8-2-1-3(11)4(7(12)13)6(10)5(2)9/h1H,11H2,(H2,12,13). The van der Waals surface area contributed by atoms with E-state index in [1.54, 1.807) is 0 Å². The van der Waals surface area contributed by atoms with Gasteiger partial charge in [-0.3, -0.25) is 4.79 Å². The van der Waals surface area contributed by atoms with E-state index in [4.69, 9.17) is 23.1 Å². The summed E-state index contributed by atoms with van der Waals surface area (Å²) in [4.78, 5) is 10.7. The Hall–Kier alpha value is -0.810. The Morgan fingerprint density at radius 3 is 2.62 bits per heavy atom. The normalized spacial score (nSPS) is 10.1. The molecule has 0 spiro atoms. The molecule has 1 aromatic carbocycles. The third kappa shape index (κ3) is 1.76. The summed E-state index contributed by atoms with van der Waals surface area (Å²) in [5.74, 6) is -1.84. The third-order valence-electron chi connectivity index (χ3n) is 1.44. The van der Waals surface area contributed by atoms with Gasteiger partial charge in [0.2, 0.25) is 0 Å². The first-order valence-electron chi connectivity index (χ1n) is 3.18. The Balaban J connectivity index is 3.53. The average molecular weight is 267 g/mol. The Kier molecular flexibility index (Phi) is 2.77. The fourth-order valence-electron chi connectivity index (χ4n) is 0.864. The molecule has 1 rings (SSSR count). The molecule has 13 heavy (non-hydrogen) atoms. The molecule has 0 bridgehead atoms. The van der Waals surface area contributed by atoms with Crippen LogP contribution in [0.15, 0.2) is 10.5 Å². The van der Waals surface area contributed by atoms with Crippen LogP contribution in [0.2, 0.25) is 5.02 Å². The molecule has 0 fully saturated rings. The number of rotatable bonds is 1. The predicted molar refractivity (Wildman–Crippen MR) is 52.0 cm³/mol. The van der Waals surface area contributed by atoms with Gasteiger partial charge in [0.25, 0.3) is 5.91 Å². The van der Waals surface area contributed by atoms with Gasteiger partial charge in [-0.05, 0) is 22.0 Å².